The van der Waals surface area contributed by atoms with Gasteiger partial charge in [-0.05, 0) is 22.8 Å². The van der Waals surface area contributed by atoms with Crippen LogP contribution < -0.4 is 0 Å². The monoisotopic (exact) mass is 324 g/mol. The molecule has 0 aliphatic rings. The molecule has 3 aromatic carbocycles. The molecule has 0 atom stereocenters. The molecule has 0 unspecified atom stereocenters. The van der Waals surface area contributed by atoms with Crippen LogP contribution in [-0.4, -0.2) is 4.98 Å². The minimum absolute atomic E-state index is 0.833. The summed E-state index contributed by atoms with van der Waals surface area (Å²) in [6, 6.07) is 33.7. The molecular formula is C24H19N. The van der Waals surface area contributed by atoms with Crippen LogP contribution in [0.1, 0.15) is 11.3 Å². The molecular weight excluding hydrogens is 305 g/mol. The lowest BCUT2D eigenvalue weighted by Crippen LogP contribution is -1.97. The molecule has 0 aliphatic carbocycles. The number of hydrogen-bond donors (Lipinski definition) is 0. The molecule has 0 aliphatic heterocycles. The van der Waals surface area contributed by atoms with Gasteiger partial charge in [0.1, 0.15) is 0 Å². The predicted octanol–water partition coefficient (Wildman–Crippen LogP) is 6.01. The lowest BCUT2D eigenvalue weighted by Gasteiger charge is -2.12. The molecule has 4 rings (SSSR count). The fraction of sp³-hybridized carbons (Fsp3) is 0.0417. The van der Waals surface area contributed by atoms with Crippen molar-refractivity contribution in [2.75, 3.05) is 0 Å². The summed E-state index contributed by atoms with van der Waals surface area (Å²) in [5.74, 6) is 0. The Hall–Kier alpha value is -3.19. The van der Waals surface area contributed by atoms with Crippen LogP contribution in [0.25, 0.3) is 22.3 Å². The van der Waals surface area contributed by atoms with E-state index in [-0.39, 0.29) is 0 Å². The van der Waals surface area contributed by atoms with Gasteiger partial charge in [0.05, 0.1) is 5.69 Å². The van der Waals surface area contributed by atoms with Gasteiger partial charge < -0.3 is 0 Å². The zero-order chi connectivity index (χ0) is 16.9. The molecule has 1 heteroatoms. The van der Waals surface area contributed by atoms with Crippen LogP contribution in [0.15, 0.2) is 103 Å². The molecule has 0 spiro atoms. The summed E-state index contributed by atoms with van der Waals surface area (Å²) in [6.07, 6.45) is 2.82. The van der Waals surface area contributed by atoms with E-state index < -0.39 is 0 Å². The Morgan fingerprint density at radius 2 is 1.12 bits per heavy atom. The van der Waals surface area contributed by atoms with E-state index in [4.69, 9.17) is 4.98 Å². The van der Waals surface area contributed by atoms with E-state index >= 15 is 0 Å². The SMILES string of the molecule is c1ccc(C[13c]2n[13cH]c(-c3ccccc3)[13cH]c2-c2ccccc2)cc1. The van der Waals surface area contributed by atoms with Gasteiger partial charge in [0, 0.05) is 23.7 Å². The van der Waals surface area contributed by atoms with E-state index in [0.717, 1.165) is 17.7 Å². The highest BCUT2D eigenvalue weighted by atomic mass is 15.0. The number of aromatic nitrogens is 1. The summed E-state index contributed by atoms with van der Waals surface area (Å²) < 4.78 is 0. The average Bonchev–Trinajstić information content (AvgIpc) is 2.70. The van der Waals surface area contributed by atoms with Crippen molar-refractivity contribution in [1.29, 1.82) is 0 Å². The van der Waals surface area contributed by atoms with Gasteiger partial charge in [0.25, 0.3) is 0 Å². The van der Waals surface area contributed by atoms with E-state index in [1.807, 2.05) is 18.3 Å². The first-order chi connectivity index (χ1) is 12.4. The van der Waals surface area contributed by atoms with Gasteiger partial charge in [-0.1, -0.05) is 91.0 Å². The second-order valence-corrected chi connectivity index (χ2v) is 6.11. The summed E-state index contributed by atoms with van der Waals surface area (Å²) >= 11 is 0. The second-order valence-electron chi connectivity index (χ2n) is 6.11. The topological polar surface area (TPSA) is 12.9 Å². The van der Waals surface area contributed by atoms with Crippen molar-refractivity contribution in [2.24, 2.45) is 0 Å². The Morgan fingerprint density at radius 1 is 0.560 bits per heavy atom. The van der Waals surface area contributed by atoms with Gasteiger partial charge in [-0.25, -0.2) is 0 Å². The van der Waals surface area contributed by atoms with Crippen molar-refractivity contribution in [1.82, 2.24) is 4.98 Å². The molecule has 0 saturated heterocycles. The molecule has 0 fully saturated rings. The maximum Gasteiger partial charge on any atom is 0.0526 e. The smallest absolute Gasteiger partial charge is 0.0526 e. The first kappa shape index (κ1) is 15.3. The fourth-order valence-corrected chi connectivity index (χ4v) is 3.08. The minimum Gasteiger partial charge on any atom is -0.260 e. The van der Waals surface area contributed by atoms with Crippen LogP contribution in [0.4, 0.5) is 0 Å². The summed E-state index contributed by atoms with van der Waals surface area (Å²) in [5.41, 5.74) is 7.14. The molecule has 120 valence electrons. The second kappa shape index (κ2) is 7.14. The first-order valence-corrected chi connectivity index (χ1v) is 8.54. The number of nitrogens with zero attached hydrogens (tertiary/aromatic N) is 1. The zero-order valence-electron chi connectivity index (χ0n) is 14.0. The summed E-state index contributed by atoms with van der Waals surface area (Å²) in [4.78, 5) is 4.83. The molecule has 0 amide bonds. The van der Waals surface area contributed by atoms with Gasteiger partial charge >= 0.3 is 0 Å². The minimum atomic E-state index is 0.833. The number of pyridine rings is 1. The van der Waals surface area contributed by atoms with Gasteiger partial charge in [0.2, 0.25) is 0 Å². The third-order valence-corrected chi connectivity index (χ3v) is 4.38. The van der Waals surface area contributed by atoms with Gasteiger partial charge in [0.15, 0.2) is 0 Å². The Balaban J connectivity index is 1.81. The van der Waals surface area contributed by atoms with E-state index in [9.17, 15) is 0 Å². The van der Waals surface area contributed by atoms with Crippen molar-refractivity contribution in [2.45, 2.75) is 6.42 Å². The molecule has 4 aromatic rings. The molecule has 0 saturated carbocycles. The maximum absolute atomic E-state index is 4.83. The Kier molecular flexibility index (Phi) is 4.38. The van der Waals surface area contributed by atoms with Crippen LogP contribution >= 0.6 is 0 Å². The quantitative estimate of drug-likeness (QED) is 0.448. The molecule has 25 heavy (non-hydrogen) atoms. The van der Waals surface area contributed by atoms with Gasteiger partial charge in [-0.3, -0.25) is 4.98 Å². The van der Waals surface area contributed by atoms with Crippen molar-refractivity contribution in [3.8, 4) is 22.3 Å². The predicted molar refractivity (Wildman–Crippen MR) is 104 cm³/mol. The molecule has 0 radical (unpaired) electrons. The highest BCUT2D eigenvalue weighted by molar-refractivity contribution is 5.74. The van der Waals surface area contributed by atoms with E-state index in [1.165, 1.54) is 22.3 Å². The van der Waals surface area contributed by atoms with E-state index in [1.54, 1.807) is 0 Å². The van der Waals surface area contributed by atoms with Gasteiger partial charge in [-0.2, -0.15) is 0 Å². The van der Waals surface area contributed by atoms with Crippen LogP contribution in [0.5, 0.6) is 0 Å². The lowest BCUT2D eigenvalue weighted by atomic mass is 10.1. The molecule has 1 heterocycles. The van der Waals surface area contributed by atoms with Crippen LogP contribution in [0.3, 0.4) is 0 Å². The van der Waals surface area contributed by atoms with Crippen molar-refractivity contribution >= 4 is 0 Å². The third-order valence-electron chi connectivity index (χ3n) is 4.38. The summed E-state index contributed by atoms with van der Waals surface area (Å²) in [6.45, 7) is 0. The first-order valence-electron chi connectivity index (χ1n) is 8.54. The normalized spacial score (nSPS) is 10.6. The lowest BCUT2D eigenvalue weighted by molar-refractivity contribution is 1.08. The Bertz CT molecular complexity index is 945. The molecule has 1 aromatic heterocycles. The Labute approximate surface area is 148 Å². The standard InChI is InChI=1S/C24H19N/c1-4-10-19(11-5-1)16-24-23(21-14-8-3-9-15-21)17-22(18-25-24)20-12-6-2-7-13-20/h1-15,17-18H,16H2/i17+1,18+1,24+1. The van der Waals surface area contributed by atoms with Crippen LogP contribution in [0, 0.1) is 0 Å². The average molecular weight is 324 g/mol. The van der Waals surface area contributed by atoms with Crippen LogP contribution in [0.2, 0.25) is 0 Å². The van der Waals surface area contributed by atoms with E-state index in [0.29, 0.717) is 0 Å². The van der Waals surface area contributed by atoms with Crippen LogP contribution in [-0.2, 0) is 6.42 Å². The van der Waals surface area contributed by atoms with Crippen molar-refractivity contribution in [3.05, 3.63) is 115 Å². The number of benzene rings is 3. The molecule has 0 bridgehead atoms. The highest BCUT2D eigenvalue weighted by Crippen LogP contribution is 2.29. The van der Waals surface area contributed by atoms with Gasteiger partial charge in [-0.15, -0.1) is 0 Å². The highest BCUT2D eigenvalue weighted by Gasteiger charge is 2.10. The molecule has 1 nitrogen and oxygen atoms in total. The maximum atomic E-state index is 4.83. The summed E-state index contributed by atoms with van der Waals surface area (Å²) in [5, 5.41) is 0. The third kappa shape index (κ3) is 3.51. The fourth-order valence-electron chi connectivity index (χ4n) is 3.08. The van der Waals surface area contributed by atoms with E-state index in [2.05, 4.69) is 84.9 Å². The number of hydrogen-bond acceptors (Lipinski definition) is 1. The summed E-state index contributed by atoms with van der Waals surface area (Å²) in [7, 11) is 0. The van der Waals surface area contributed by atoms with Crippen molar-refractivity contribution in [3.63, 3.8) is 0 Å². The molecule has 0 N–H and O–H groups in total. The largest absolute Gasteiger partial charge is 0.260 e. The van der Waals surface area contributed by atoms with Crippen molar-refractivity contribution < 1.29 is 0 Å². The number of rotatable bonds is 4. The Morgan fingerprint density at radius 3 is 1.76 bits per heavy atom. The zero-order valence-corrected chi connectivity index (χ0v) is 14.0.